The standard InChI is InChI=1S/C16H19N3O/c1-20-16-9-14(6-7-18-16)19-11-13-5-3-2-4-12(13)8-15(19)10-17/h2-7,9,15H,8,10-11,17H2,1H3. The Bertz CT molecular complexity index is 600. The quantitative estimate of drug-likeness (QED) is 0.925. The maximum absolute atomic E-state index is 5.97. The van der Waals surface area contributed by atoms with Gasteiger partial charge in [0.05, 0.1) is 7.11 Å². The second-order valence-electron chi connectivity index (χ2n) is 5.05. The third-order valence-corrected chi connectivity index (χ3v) is 3.89. The minimum absolute atomic E-state index is 0.317. The summed E-state index contributed by atoms with van der Waals surface area (Å²) in [6, 6.07) is 12.9. The molecule has 1 aliphatic rings. The van der Waals surface area contributed by atoms with E-state index < -0.39 is 0 Å². The van der Waals surface area contributed by atoms with Gasteiger partial charge in [-0.15, -0.1) is 0 Å². The van der Waals surface area contributed by atoms with E-state index in [4.69, 9.17) is 10.5 Å². The van der Waals surface area contributed by atoms with E-state index in [0.717, 1.165) is 18.7 Å². The van der Waals surface area contributed by atoms with Crippen molar-refractivity contribution in [3.8, 4) is 5.88 Å². The molecular weight excluding hydrogens is 250 g/mol. The van der Waals surface area contributed by atoms with Crippen LogP contribution in [0.3, 0.4) is 0 Å². The van der Waals surface area contributed by atoms with Crippen molar-refractivity contribution in [1.82, 2.24) is 4.98 Å². The summed E-state index contributed by atoms with van der Waals surface area (Å²) >= 11 is 0. The molecule has 0 aliphatic carbocycles. The molecule has 0 fully saturated rings. The Morgan fingerprint density at radius 2 is 2.10 bits per heavy atom. The van der Waals surface area contributed by atoms with Gasteiger partial charge in [-0.25, -0.2) is 4.98 Å². The summed E-state index contributed by atoms with van der Waals surface area (Å²) in [6.45, 7) is 1.52. The van der Waals surface area contributed by atoms with Gasteiger partial charge in [0, 0.05) is 37.1 Å². The van der Waals surface area contributed by atoms with Crippen LogP contribution in [0.4, 0.5) is 5.69 Å². The molecule has 0 bridgehead atoms. The van der Waals surface area contributed by atoms with Crippen LogP contribution < -0.4 is 15.4 Å². The first-order valence-electron chi connectivity index (χ1n) is 6.85. The van der Waals surface area contributed by atoms with Gasteiger partial charge in [-0.1, -0.05) is 24.3 Å². The van der Waals surface area contributed by atoms with E-state index >= 15 is 0 Å². The van der Waals surface area contributed by atoms with Gasteiger partial charge >= 0.3 is 0 Å². The molecule has 104 valence electrons. The van der Waals surface area contributed by atoms with Crippen LogP contribution in [0.1, 0.15) is 11.1 Å². The van der Waals surface area contributed by atoms with E-state index in [-0.39, 0.29) is 0 Å². The van der Waals surface area contributed by atoms with Gasteiger partial charge in [-0.2, -0.15) is 0 Å². The van der Waals surface area contributed by atoms with Crippen LogP contribution >= 0.6 is 0 Å². The summed E-state index contributed by atoms with van der Waals surface area (Å²) in [7, 11) is 1.64. The Hall–Kier alpha value is -2.07. The van der Waals surface area contributed by atoms with Crippen LogP contribution in [0.5, 0.6) is 5.88 Å². The molecule has 1 aliphatic heterocycles. The summed E-state index contributed by atoms with van der Waals surface area (Å²) in [5.41, 5.74) is 9.85. The largest absolute Gasteiger partial charge is 0.481 e. The highest BCUT2D eigenvalue weighted by atomic mass is 16.5. The smallest absolute Gasteiger partial charge is 0.214 e. The Balaban J connectivity index is 1.95. The molecule has 3 rings (SSSR count). The zero-order chi connectivity index (χ0) is 13.9. The van der Waals surface area contributed by atoms with Crippen LogP contribution in [-0.2, 0) is 13.0 Å². The second kappa shape index (κ2) is 5.51. The number of fused-ring (bicyclic) bond motifs is 1. The second-order valence-corrected chi connectivity index (χ2v) is 5.05. The molecule has 0 spiro atoms. The monoisotopic (exact) mass is 269 g/mol. The van der Waals surface area contributed by atoms with E-state index in [2.05, 4.69) is 34.1 Å². The number of anilines is 1. The lowest BCUT2D eigenvalue weighted by atomic mass is 9.93. The molecule has 1 unspecified atom stereocenters. The highest BCUT2D eigenvalue weighted by molar-refractivity contribution is 5.52. The lowest BCUT2D eigenvalue weighted by Crippen LogP contribution is -2.45. The number of aromatic nitrogens is 1. The molecule has 1 aromatic carbocycles. The molecule has 2 aromatic rings. The van der Waals surface area contributed by atoms with Crippen LogP contribution in [0, 0.1) is 0 Å². The van der Waals surface area contributed by atoms with Gasteiger partial charge < -0.3 is 15.4 Å². The molecule has 1 atom stereocenters. The average Bonchev–Trinajstić information content (AvgIpc) is 2.53. The van der Waals surface area contributed by atoms with E-state index in [1.54, 1.807) is 13.3 Å². The van der Waals surface area contributed by atoms with E-state index in [9.17, 15) is 0 Å². The van der Waals surface area contributed by atoms with Gasteiger partial charge in [-0.3, -0.25) is 0 Å². The highest BCUT2D eigenvalue weighted by Crippen LogP contribution is 2.29. The number of hydrogen-bond donors (Lipinski definition) is 1. The van der Waals surface area contributed by atoms with E-state index in [1.807, 2.05) is 12.1 Å². The summed E-state index contributed by atoms with van der Waals surface area (Å²) in [6.07, 6.45) is 2.76. The van der Waals surface area contributed by atoms with Gasteiger partial charge in [-0.05, 0) is 23.6 Å². The lowest BCUT2D eigenvalue weighted by molar-refractivity contribution is 0.397. The zero-order valence-corrected chi connectivity index (χ0v) is 11.6. The number of hydrogen-bond acceptors (Lipinski definition) is 4. The first-order chi connectivity index (χ1) is 9.81. The molecule has 0 saturated heterocycles. The maximum atomic E-state index is 5.97. The van der Waals surface area contributed by atoms with Crippen LogP contribution in [-0.4, -0.2) is 24.7 Å². The van der Waals surface area contributed by atoms with Gasteiger partial charge in [0.2, 0.25) is 5.88 Å². The molecule has 0 saturated carbocycles. The summed E-state index contributed by atoms with van der Waals surface area (Å²) < 4.78 is 5.21. The van der Waals surface area contributed by atoms with Gasteiger partial charge in [0.25, 0.3) is 0 Å². The number of ether oxygens (including phenoxy) is 1. The van der Waals surface area contributed by atoms with Crippen LogP contribution in [0.2, 0.25) is 0 Å². The SMILES string of the molecule is COc1cc(N2Cc3ccccc3CC2CN)ccn1. The van der Waals surface area contributed by atoms with Gasteiger partial charge in [0.15, 0.2) is 0 Å². The number of nitrogens with two attached hydrogens (primary N) is 1. The van der Waals surface area contributed by atoms with Crippen molar-refractivity contribution in [3.05, 3.63) is 53.7 Å². The highest BCUT2D eigenvalue weighted by Gasteiger charge is 2.25. The van der Waals surface area contributed by atoms with Crippen molar-refractivity contribution in [3.63, 3.8) is 0 Å². The number of nitrogens with zero attached hydrogens (tertiary/aromatic N) is 2. The number of benzene rings is 1. The number of rotatable bonds is 3. The Morgan fingerprint density at radius 1 is 1.30 bits per heavy atom. The minimum atomic E-state index is 0.317. The fourth-order valence-corrected chi connectivity index (χ4v) is 2.79. The van der Waals surface area contributed by atoms with Crippen LogP contribution in [0.25, 0.3) is 0 Å². The summed E-state index contributed by atoms with van der Waals surface area (Å²) in [4.78, 5) is 6.51. The maximum Gasteiger partial charge on any atom is 0.214 e. The zero-order valence-electron chi connectivity index (χ0n) is 11.6. The number of pyridine rings is 1. The van der Waals surface area contributed by atoms with Crippen molar-refractivity contribution in [2.75, 3.05) is 18.6 Å². The number of methoxy groups -OCH3 is 1. The van der Waals surface area contributed by atoms with E-state index in [1.165, 1.54) is 11.1 Å². The van der Waals surface area contributed by atoms with Gasteiger partial charge in [0.1, 0.15) is 0 Å². The summed E-state index contributed by atoms with van der Waals surface area (Å²) in [5, 5.41) is 0. The Kier molecular flexibility index (Phi) is 3.56. The van der Waals surface area contributed by atoms with Crippen molar-refractivity contribution in [2.24, 2.45) is 5.73 Å². The third-order valence-electron chi connectivity index (χ3n) is 3.89. The van der Waals surface area contributed by atoms with Crippen molar-refractivity contribution in [2.45, 2.75) is 19.0 Å². The normalized spacial score (nSPS) is 17.7. The first-order valence-corrected chi connectivity index (χ1v) is 6.85. The fraction of sp³-hybridized carbons (Fsp3) is 0.312. The van der Waals surface area contributed by atoms with E-state index in [0.29, 0.717) is 18.5 Å². The Labute approximate surface area is 119 Å². The minimum Gasteiger partial charge on any atom is -0.481 e. The molecule has 2 N–H and O–H groups in total. The average molecular weight is 269 g/mol. The molecule has 1 aromatic heterocycles. The van der Waals surface area contributed by atoms with Crippen molar-refractivity contribution >= 4 is 5.69 Å². The topological polar surface area (TPSA) is 51.4 Å². The molecule has 20 heavy (non-hydrogen) atoms. The van der Waals surface area contributed by atoms with Crippen molar-refractivity contribution < 1.29 is 4.74 Å². The predicted octanol–water partition coefficient (Wildman–Crippen LogP) is 1.98. The predicted molar refractivity (Wildman–Crippen MR) is 80.0 cm³/mol. The molecular formula is C16H19N3O. The molecule has 0 amide bonds. The summed E-state index contributed by atoms with van der Waals surface area (Å²) in [5.74, 6) is 0.636. The first kappa shape index (κ1) is 12.9. The molecule has 4 heteroatoms. The van der Waals surface area contributed by atoms with Crippen molar-refractivity contribution in [1.29, 1.82) is 0 Å². The lowest BCUT2D eigenvalue weighted by Gasteiger charge is -2.38. The van der Waals surface area contributed by atoms with Crippen LogP contribution in [0.15, 0.2) is 42.6 Å². The molecule has 4 nitrogen and oxygen atoms in total. The fourth-order valence-electron chi connectivity index (χ4n) is 2.79. The molecule has 0 radical (unpaired) electrons. The Morgan fingerprint density at radius 3 is 2.85 bits per heavy atom. The molecule has 2 heterocycles. The third kappa shape index (κ3) is 2.34.